The summed E-state index contributed by atoms with van der Waals surface area (Å²) >= 11 is 0. The minimum Gasteiger partial charge on any atom is -0.199 e. The predicted octanol–water partition coefficient (Wildman–Crippen LogP) is -1.78. The molecule has 0 unspecified atom stereocenters. The Morgan fingerprint density at radius 3 is 1.06 bits per heavy atom. The van der Waals surface area contributed by atoms with Crippen LogP contribution in [0.1, 0.15) is 0 Å². The van der Waals surface area contributed by atoms with Crippen molar-refractivity contribution in [1.29, 1.82) is 0 Å². The van der Waals surface area contributed by atoms with Gasteiger partial charge in [0.15, 0.2) is 0 Å². The molecule has 18 heavy (non-hydrogen) atoms. The summed E-state index contributed by atoms with van der Waals surface area (Å²) in [6.45, 7) is 0. The first-order chi connectivity index (χ1) is 7.93. The molecule has 0 spiro atoms. The zero-order valence-corrected chi connectivity index (χ0v) is 10.5. The molecule has 72 valence electrons. The van der Waals surface area contributed by atoms with Gasteiger partial charge in [-0.1, -0.05) is 12.1 Å². The Morgan fingerprint density at radius 2 is 0.778 bits per heavy atom. The topological polar surface area (TPSA) is 0 Å². The first kappa shape index (κ1) is 12.2. The summed E-state index contributed by atoms with van der Waals surface area (Å²) < 4.78 is 0. The summed E-state index contributed by atoms with van der Waals surface area (Å²) in [5, 5.41) is 10.5. The van der Waals surface area contributed by atoms with E-state index < -0.39 is 0 Å². The Labute approximate surface area is 129 Å². The molecule has 0 saturated heterocycles. The van der Waals surface area contributed by atoms with Gasteiger partial charge in [-0.25, -0.2) is 0 Å². The van der Waals surface area contributed by atoms with Crippen LogP contribution in [-0.2, 0) is 0 Å². The molecule has 0 aliphatic rings. The van der Waals surface area contributed by atoms with Gasteiger partial charge in [0.05, 0.1) is 0 Å². The first-order valence-electron chi connectivity index (χ1n) is 5.49. The van der Waals surface area contributed by atoms with Crippen LogP contribution in [0.15, 0.2) is 36.4 Å². The summed E-state index contributed by atoms with van der Waals surface area (Å²) in [4.78, 5) is 0. The van der Waals surface area contributed by atoms with Crippen LogP contribution < -0.4 is 37.7 Å². The molecular weight excluding hydrogens is 206 g/mol. The number of hydrogen-bond donors (Lipinski definition) is 0. The van der Waals surface area contributed by atoms with Crippen LogP contribution in [0.4, 0.5) is 0 Å². The molecular formula is C16H6Li2. The fraction of sp³-hybridized carbons (Fsp3) is 0. The van der Waals surface area contributed by atoms with E-state index in [0.717, 1.165) is 0 Å². The van der Waals surface area contributed by atoms with E-state index in [0.29, 0.717) is 0 Å². The standard InChI is InChI=1S/C16H6.2Li/c1-3-9-10(4-1)14-8-16(14)12-6-2-5-11(12)15-7-13(9)15;;/h1-6H;;/q-2;2*+1. The molecule has 0 atom stereocenters. The SMILES string of the molecule is [Li+].[Li+].[c-]1c2c1c1cccc1c1[c-]c1c1cccc21. The normalized spacial score (nSPS) is 11.6. The second-order valence-electron chi connectivity index (χ2n) is 4.46. The van der Waals surface area contributed by atoms with E-state index in [1.807, 2.05) is 0 Å². The predicted molar refractivity (Wildman–Crippen MR) is 67.7 cm³/mol. The smallest absolute Gasteiger partial charge is 0.199 e. The molecule has 5 aromatic rings. The van der Waals surface area contributed by atoms with Crippen molar-refractivity contribution in [3.63, 3.8) is 0 Å². The average Bonchev–Trinajstić information content (AvgIpc) is 3.16. The minimum absolute atomic E-state index is 0. The molecule has 0 radical (unpaired) electrons. The molecule has 5 aromatic carbocycles. The van der Waals surface area contributed by atoms with E-state index in [-0.39, 0.29) is 37.7 Å². The molecule has 0 fully saturated rings. The third kappa shape index (κ3) is 1.36. The van der Waals surface area contributed by atoms with E-state index in [9.17, 15) is 0 Å². The molecule has 0 saturated carbocycles. The van der Waals surface area contributed by atoms with Crippen molar-refractivity contribution in [1.82, 2.24) is 0 Å². The maximum atomic E-state index is 3.42. The van der Waals surface area contributed by atoms with Gasteiger partial charge in [-0.15, -0.1) is 24.3 Å². The van der Waals surface area contributed by atoms with Crippen molar-refractivity contribution in [3.8, 4) is 0 Å². The molecule has 0 aliphatic heterocycles. The molecule has 2 heteroatoms. The maximum Gasteiger partial charge on any atom is 1.00 e. The van der Waals surface area contributed by atoms with Crippen molar-refractivity contribution in [2.45, 2.75) is 0 Å². The Bertz CT molecular complexity index is 791. The van der Waals surface area contributed by atoms with Gasteiger partial charge >= 0.3 is 37.7 Å². The van der Waals surface area contributed by atoms with Crippen LogP contribution in [0.3, 0.4) is 0 Å². The van der Waals surface area contributed by atoms with E-state index in [2.05, 4.69) is 48.5 Å². The molecule has 0 bridgehead atoms. The van der Waals surface area contributed by atoms with Gasteiger partial charge in [0.2, 0.25) is 0 Å². The van der Waals surface area contributed by atoms with Crippen molar-refractivity contribution >= 4 is 43.1 Å². The summed E-state index contributed by atoms with van der Waals surface area (Å²) in [6, 6.07) is 19.8. The molecule has 0 N–H and O–H groups in total. The van der Waals surface area contributed by atoms with E-state index >= 15 is 0 Å². The fourth-order valence-corrected chi connectivity index (χ4v) is 2.71. The van der Waals surface area contributed by atoms with Crippen LogP contribution in [0, 0.1) is 12.1 Å². The Hall–Kier alpha value is -0.885. The van der Waals surface area contributed by atoms with Gasteiger partial charge in [-0.05, 0) is 0 Å². The Balaban J connectivity index is 0.000000500. The van der Waals surface area contributed by atoms with Crippen LogP contribution in [0.25, 0.3) is 43.1 Å². The van der Waals surface area contributed by atoms with Crippen molar-refractivity contribution in [3.05, 3.63) is 48.5 Å². The third-order valence-electron chi connectivity index (χ3n) is 3.58. The van der Waals surface area contributed by atoms with Gasteiger partial charge in [-0.3, -0.25) is 0 Å². The fourth-order valence-electron chi connectivity index (χ4n) is 2.71. The second kappa shape index (κ2) is 3.80. The second-order valence-corrected chi connectivity index (χ2v) is 4.46. The summed E-state index contributed by atoms with van der Waals surface area (Å²) in [6.07, 6.45) is 0. The quantitative estimate of drug-likeness (QED) is 0.210. The van der Waals surface area contributed by atoms with E-state index in [1.165, 1.54) is 43.1 Å². The molecule has 0 nitrogen and oxygen atoms in total. The van der Waals surface area contributed by atoms with Crippen LogP contribution >= 0.6 is 0 Å². The largest absolute Gasteiger partial charge is 1.00 e. The summed E-state index contributed by atoms with van der Waals surface area (Å²) in [5.74, 6) is 0. The zero-order valence-electron chi connectivity index (χ0n) is 10.5. The summed E-state index contributed by atoms with van der Waals surface area (Å²) in [7, 11) is 0. The molecule has 0 aliphatic carbocycles. The zero-order chi connectivity index (χ0) is 10.3. The van der Waals surface area contributed by atoms with Crippen LogP contribution in [0.5, 0.6) is 0 Å². The number of hydrogen-bond acceptors (Lipinski definition) is 0. The van der Waals surface area contributed by atoms with E-state index in [1.54, 1.807) is 0 Å². The monoisotopic (exact) mass is 212 g/mol. The van der Waals surface area contributed by atoms with E-state index in [4.69, 9.17) is 0 Å². The molecule has 0 amide bonds. The van der Waals surface area contributed by atoms with Crippen molar-refractivity contribution in [2.75, 3.05) is 0 Å². The average molecular weight is 212 g/mol. The van der Waals surface area contributed by atoms with Gasteiger partial charge in [0.1, 0.15) is 0 Å². The Morgan fingerprint density at radius 1 is 0.500 bits per heavy atom. The first-order valence-corrected chi connectivity index (χ1v) is 5.49. The number of rotatable bonds is 0. The van der Waals surface area contributed by atoms with Crippen molar-refractivity contribution in [2.24, 2.45) is 0 Å². The maximum absolute atomic E-state index is 3.42. The summed E-state index contributed by atoms with van der Waals surface area (Å²) in [5.41, 5.74) is 0. The van der Waals surface area contributed by atoms with Crippen LogP contribution in [0.2, 0.25) is 0 Å². The third-order valence-corrected chi connectivity index (χ3v) is 3.58. The van der Waals surface area contributed by atoms with Gasteiger partial charge in [0.25, 0.3) is 0 Å². The van der Waals surface area contributed by atoms with Gasteiger partial charge in [-0.2, -0.15) is 55.2 Å². The van der Waals surface area contributed by atoms with Gasteiger partial charge in [0, 0.05) is 0 Å². The van der Waals surface area contributed by atoms with Gasteiger partial charge < -0.3 is 0 Å². The molecule has 0 heterocycles. The van der Waals surface area contributed by atoms with Crippen molar-refractivity contribution < 1.29 is 37.7 Å². The molecule has 0 aromatic heterocycles. The van der Waals surface area contributed by atoms with Crippen LogP contribution in [-0.4, -0.2) is 0 Å². The number of fused-ring (bicyclic) bond motifs is 8. The minimum atomic E-state index is 0. The Kier molecular flexibility index (Phi) is 2.57. The molecule has 5 rings (SSSR count).